The average Bonchev–Trinajstić information content (AvgIpc) is 3.81. The normalized spacial score (nSPS) is 18.6. The molecule has 1 saturated heterocycles. The van der Waals surface area contributed by atoms with Crippen LogP contribution < -0.4 is 10.6 Å². The topological polar surface area (TPSA) is 67.0 Å². The van der Waals surface area contributed by atoms with Crippen LogP contribution in [0.1, 0.15) is 18.4 Å². The van der Waals surface area contributed by atoms with Gasteiger partial charge in [-0.25, -0.2) is 8.42 Å². The van der Waals surface area contributed by atoms with Crippen molar-refractivity contribution < 1.29 is 17.7 Å². The smallest absolute Gasteiger partial charge is 0.243 e. The summed E-state index contributed by atoms with van der Waals surface area (Å²) < 4.78 is 49.6. The molecule has 5 nitrogen and oxygen atoms in total. The molecule has 0 spiro atoms. The van der Waals surface area contributed by atoms with Crippen LogP contribution in [0.5, 0.6) is 0 Å². The third-order valence-electron chi connectivity index (χ3n) is 6.50. The molecule has 1 aliphatic carbocycles. The second kappa shape index (κ2) is 9.87. The lowest BCUT2D eigenvalue weighted by Crippen LogP contribution is -2.37. The number of rotatable bonds is 10. The lowest BCUT2D eigenvalue weighted by Gasteiger charge is -2.28. The average molecular weight is 508 g/mol. The van der Waals surface area contributed by atoms with E-state index in [1.807, 2.05) is 67.6 Å². The highest BCUT2D eigenvalue weighted by Gasteiger charge is 2.39. The summed E-state index contributed by atoms with van der Waals surface area (Å²) in [6.45, 7) is 2.77. The molecule has 1 unspecified atom stereocenters. The largest absolute Gasteiger partial charge is 0.372 e. The summed E-state index contributed by atoms with van der Waals surface area (Å²) in [5.41, 5.74) is 0.994. The van der Waals surface area contributed by atoms with Crippen LogP contribution in [0.3, 0.4) is 0 Å². The molecule has 1 heterocycles. The van der Waals surface area contributed by atoms with Crippen LogP contribution in [-0.2, 0) is 19.3 Å². The first-order valence-electron chi connectivity index (χ1n) is 12.0. The zero-order chi connectivity index (χ0) is 24.5. The van der Waals surface area contributed by atoms with Gasteiger partial charge in [0.1, 0.15) is 0 Å². The zero-order valence-corrected chi connectivity index (χ0v) is 21.5. The van der Waals surface area contributed by atoms with E-state index in [4.69, 9.17) is 4.74 Å². The molecule has 2 fully saturated rings. The number of epoxide rings is 1. The SMILES string of the molecule is Cc1ccc(S(=O)(=O)N(C/C(=C\C2CC2)P(=O)(c2ccccc2)c2ccccc2)CC2CO2)cc1. The number of hydrogen-bond acceptors (Lipinski definition) is 4. The molecular weight excluding hydrogens is 477 g/mol. The van der Waals surface area contributed by atoms with Gasteiger partial charge in [0, 0.05) is 29.0 Å². The predicted octanol–water partition coefficient (Wildman–Crippen LogP) is 4.69. The van der Waals surface area contributed by atoms with Crippen LogP contribution in [0.4, 0.5) is 0 Å². The van der Waals surface area contributed by atoms with Crippen molar-refractivity contribution >= 4 is 27.8 Å². The fraction of sp³-hybridized carbons (Fsp3) is 0.286. The molecule has 0 amide bonds. The Kier molecular flexibility index (Phi) is 6.82. The van der Waals surface area contributed by atoms with Gasteiger partial charge in [-0.2, -0.15) is 4.31 Å². The molecule has 0 N–H and O–H groups in total. The Morgan fingerprint density at radius 2 is 1.49 bits per heavy atom. The van der Waals surface area contributed by atoms with Crippen LogP contribution in [0.2, 0.25) is 0 Å². The van der Waals surface area contributed by atoms with E-state index in [0.29, 0.717) is 28.4 Å². The van der Waals surface area contributed by atoms with E-state index in [9.17, 15) is 8.42 Å². The Balaban J connectivity index is 1.61. The number of ether oxygens (including phenoxy) is 1. The highest BCUT2D eigenvalue weighted by atomic mass is 32.2. The molecule has 3 aromatic rings. The number of aryl methyl sites for hydroxylation is 1. The van der Waals surface area contributed by atoms with Crippen molar-refractivity contribution in [3.05, 3.63) is 102 Å². The predicted molar refractivity (Wildman–Crippen MR) is 140 cm³/mol. The Labute approximate surface area is 207 Å². The fourth-order valence-electron chi connectivity index (χ4n) is 4.24. The van der Waals surface area contributed by atoms with Crippen molar-refractivity contribution in [3.63, 3.8) is 0 Å². The summed E-state index contributed by atoms with van der Waals surface area (Å²) in [4.78, 5) is 0.240. The van der Waals surface area contributed by atoms with Crippen molar-refractivity contribution in [1.82, 2.24) is 4.31 Å². The van der Waals surface area contributed by atoms with Crippen molar-refractivity contribution in [3.8, 4) is 0 Å². The third kappa shape index (κ3) is 5.36. The minimum Gasteiger partial charge on any atom is -0.372 e. The van der Waals surface area contributed by atoms with Gasteiger partial charge in [0.05, 0.1) is 17.6 Å². The van der Waals surface area contributed by atoms with Crippen LogP contribution in [0, 0.1) is 12.8 Å². The zero-order valence-electron chi connectivity index (χ0n) is 19.8. The Hall–Kier alpha value is -2.50. The maximum absolute atomic E-state index is 15.1. The minimum absolute atomic E-state index is 0.0631. The minimum atomic E-state index is -3.82. The molecular formula is C28H30NO4PS. The van der Waals surface area contributed by atoms with Crippen molar-refractivity contribution in [2.45, 2.75) is 30.8 Å². The molecule has 3 aromatic carbocycles. The van der Waals surface area contributed by atoms with Crippen LogP contribution >= 0.6 is 7.14 Å². The summed E-state index contributed by atoms with van der Waals surface area (Å²) in [6.07, 6.45) is 4.00. The lowest BCUT2D eigenvalue weighted by atomic mass is 10.2. The molecule has 0 bridgehead atoms. The molecule has 1 aliphatic heterocycles. The van der Waals surface area contributed by atoms with E-state index in [1.165, 1.54) is 4.31 Å². The number of nitrogens with zero attached hydrogens (tertiary/aromatic N) is 1. The van der Waals surface area contributed by atoms with E-state index in [0.717, 1.165) is 18.4 Å². The highest BCUT2D eigenvalue weighted by Crippen LogP contribution is 2.54. The molecule has 35 heavy (non-hydrogen) atoms. The van der Waals surface area contributed by atoms with E-state index in [1.54, 1.807) is 24.3 Å². The highest BCUT2D eigenvalue weighted by molar-refractivity contribution is 7.89. The van der Waals surface area contributed by atoms with Crippen molar-refractivity contribution in [2.24, 2.45) is 5.92 Å². The van der Waals surface area contributed by atoms with Gasteiger partial charge < -0.3 is 9.30 Å². The quantitative estimate of drug-likeness (QED) is 0.295. The molecule has 1 atom stereocenters. The van der Waals surface area contributed by atoms with Crippen LogP contribution in [0.15, 0.2) is 101 Å². The van der Waals surface area contributed by atoms with Crippen molar-refractivity contribution in [2.75, 3.05) is 19.7 Å². The van der Waals surface area contributed by atoms with Gasteiger partial charge in [0.15, 0.2) is 7.14 Å². The summed E-state index contributed by atoms with van der Waals surface area (Å²) in [5.74, 6) is 0.326. The summed E-state index contributed by atoms with van der Waals surface area (Å²) in [5, 5.41) is 2.11. The van der Waals surface area contributed by atoms with E-state index in [2.05, 4.69) is 6.08 Å². The van der Waals surface area contributed by atoms with Gasteiger partial charge in [-0.1, -0.05) is 84.4 Å². The van der Waals surface area contributed by atoms with Gasteiger partial charge in [-0.3, -0.25) is 0 Å². The summed E-state index contributed by atoms with van der Waals surface area (Å²) >= 11 is 0. The maximum Gasteiger partial charge on any atom is 0.243 e. The first-order valence-corrected chi connectivity index (χ1v) is 15.1. The van der Waals surface area contributed by atoms with Gasteiger partial charge in [-0.15, -0.1) is 0 Å². The standard InChI is InChI=1S/C28H30NO4PS/c1-22-12-16-28(17-13-22)35(31,32)29(19-24-21-33-24)20-27(18-23-14-15-23)34(30,25-8-4-2-5-9-25)26-10-6-3-7-11-26/h2-13,16-18,23-24H,14-15,19-21H2,1H3/b27-18+. The molecule has 0 aromatic heterocycles. The van der Waals surface area contributed by atoms with Gasteiger partial charge in [0.2, 0.25) is 10.0 Å². The first-order chi connectivity index (χ1) is 16.9. The second-order valence-corrected chi connectivity index (χ2v) is 14.1. The second-order valence-electron chi connectivity index (χ2n) is 9.34. The van der Waals surface area contributed by atoms with Crippen LogP contribution in [-0.4, -0.2) is 38.5 Å². The molecule has 1 saturated carbocycles. The first kappa shape index (κ1) is 24.2. The van der Waals surface area contributed by atoms with Gasteiger partial charge in [0.25, 0.3) is 0 Å². The number of sulfonamides is 1. The Bertz CT molecular complexity index is 1300. The van der Waals surface area contributed by atoms with Crippen LogP contribution in [0.25, 0.3) is 0 Å². The summed E-state index contributed by atoms with van der Waals surface area (Å²) in [6, 6.07) is 25.8. The molecule has 2 aliphatic rings. The lowest BCUT2D eigenvalue weighted by molar-refractivity contribution is 0.347. The molecule has 182 valence electrons. The van der Waals surface area contributed by atoms with Gasteiger partial charge >= 0.3 is 0 Å². The number of allylic oxidation sites excluding steroid dienone is 1. The maximum atomic E-state index is 15.1. The van der Waals surface area contributed by atoms with Crippen molar-refractivity contribution in [1.29, 1.82) is 0 Å². The summed E-state index contributed by atoms with van der Waals surface area (Å²) in [7, 11) is -7.10. The van der Waals surface area contributed by atoms with Gasteiger partial charge in [-0.05, 0) is 37.8 Å². The molecule has 7 heteroatoms. The number of hydrogen-bond donors (Lipinski definition) is 0. The third-order valence-corrected chi connectivity index (χ3v) is 11.5. The molecule has 5 rings (SSSR count). The Morgan fingerprint density at radius 1 is 0.943 bits per heavy atom. The molecule has 0 radical (unpaired) electrons. The number of benzene rings is 3. The van der Waals surface area contributed by atoms with E-state index >= 15 is 4.57 Å². The monoisotopic (exact) mass is 507 g/mol. The fourth-order valence-corrected chi connectivity index (χ4v) is 8.72. The van der Waals surface area contributed by atoms with E-state index in [-0.39, 0.29) is 24.1 Å². The van der Waals surface area contributed by atoms with E-state index < -0.39 is 17.2 Å². The Morgan fingerprint density at radius 3 is 1.97 bits per heavy atom.